The molecule has 0 aliphatic carbocycles. The fraction of sp³-hybridized carbons (Fsp3) is 0.385. The third-order valence-electron chi connectivity index (χ3n) is 3.26. The zero-order valence-electron chi connectivity index (χ0n) is 10.4. The van der Waals surface area contributed by atoms with Gasteiger partial charge in [0.05, 0.1) is 6.04 Å². The quantitative estimate of drug-likeness (QED) is 0.527. The Morgan fingerprint density at radius 3 is 3.00 bits per heavy atom. The highest BCUT2D eigenvalue weighted by atomic mass is 16.2. The number of amidine groups is 1. The van der Waals surface area contributed by atoms with E-state index in [9.17, 15) is 4.79 Å². The highest BCUT2D eigenvalue weighted by molar-refractivity contribution is 5.95. The molecule has 0 radical (unpaired) electrons. The lowest BCUT2D eigenvalue weighted by Gasteiger charge is -2.17. The maximum absolute atomic E-state index is 12.0. The molecule has 0 spiro atoms. The van der Waals surface area contributed by atoms with Gasteiger partial charge in [-0.1, -0.05) is 18.2 Å². The van der Waals surface area contributed by atoms with Crippen LogP contribution in [0.3, 0.4) is 0 Å². The minimum absolute atomic E-state index is 0.0534. The van der Waals surface area contributed by atoms with Crippen LogP contribution in [0.5, 0.6) is 0 Å². The fourth-order valence-corrected chi connectivity index (χ4v) is 2.22. The molecule has 1 atom stereocenters. The Bertz CT molecular complexity index is 472. The van der Waals surface area contributed by atoms with E-state index in [0.29, 0.717) is 12.1 Å². The third-order valence-corrected chi connectivity index (χ3v) is 3.26. The number of hydrogen-bond donors (Lipinski definition) is 3. The molecule has 1 heterocycles. The molecule has 5 nitrogen and oxygen atoms in total. The number of carbonyl (C=O) groups is 1. The predicted octanol–water partition coefficient (Wildman–Crippen LogP) is 0.291. The first kappa shape index (κ1) is 12.6. The van der Waals surface area contributed by atoms with Crippen molar-refractivity contribution < 1.29 is 4.79 Å². The van der Waals surface area contributed by atoms with Crippen molar-refractivity contribution in [3.63, 3.8) is 0 Å². The van der Waals surface area contributed by atoms with Gasteiger partial charge in [-0.15, -0.1) is 0 Å². The number of nitrogens with two attached hydrogens (primary N) is 1. The third kappa shape index (κ3) is 2.51. The topological polar surface area (TPSA) is 82.2 Å². The number of likely N-dealkylation sites (N-methyl/N-ethyl adjacent to an activating group) is 1. The Balaban J connectivity index is 2.08. The predicted molar refractivity (Wildman–Crippen MR) is 70.3 cm³/mol. The van der Waals surface area contributed by atoms with Gasteiger partial charge in [-0.2, -0.15) is 0 Å². The smallest absolute Gasteiger partial charge is 0.240 e. The monoisotopic (exact) mass is 246 g/mol. The van der Waals surface area contributed by atoms with Crippen LogP contribution in [0, 0.1) is 5.41 Å². The molecule has 18 heavy (non-hydrogen) atoms. The van der Waals surface area contributed by atoms with E-state index in [4.69, 9.17) is 11.1 Å². The molecule has 1 amide bonds. The zero-order valence-corrected chi connectivity index (χ0v) is 10.4. The molecule has 2 rings (SSSR count). The van der Waals surface area contributed by atoms with E-state index >= 15 is 0 Å². The van der Waals surface area contributed by atoms with Gasteiger partial charge in [-0.25, -0.2) is 0 Å². The number of likely N-dealkylation sites (tertiary alicyclic amines) is 1. The van der Waals surface area contributed by atoms with E-state index in [-0.39, 0.29) is 17.8 Å². The first-order valence-electron chi connectivity index (χ1n) is 6.01. The van der Waals surface area contributed by atoms with Crippen molar-refractivity contribution in [2.45, 2.75) is 19.0 Å². The van der Waals surface area contributed by atoms with Gasteiger partial charge in [0.15, 0.2) is 0 Å². The van der Waals surface area contributed by atoms with Crippen LogP contribution in [0.15, 0.2) is 24.3 Å². The summed E-state index contributed by atoms with van der Waals surface area (Å²) in [5, 5.41) is 10.4. The van der Waals surface area contributed by atoms with E-state index in [1.807, 2.05) is 30.1 Å². The summed E-state index contributed by atoms with van der Waals surface area (Å²) >= 11 is 0. The van der Waals surface area contributed by atoms with Crippen molar-refractivity contribution in [1.29, 1.82) is 5.41 Å². The van der Waals surface area contributed by atoms with Gasteiger partial charge in [0, 0.05) is 18.7 Å². The van der Waals surface area contributed by atoms with Gasteiger partial charge in [0.25, 0.3) is 0 Å². The SMILES string of the molecule is CN[C@H]1CCN(Cc2cccc(C(=N)N)c2)C1=O. The molecular formula is C13H18N4O. The fourth-order valence-electron chi connectivity index (χ4n) is 2.22. The molecule has 1 aliphatic rings. The summed E-state index contributed by atoms with van der Waals surface area (Å²) in [4.78, 5) is 13.8. The number of nitrogens with one attached hydrogen (secondary N) is 2. The minimum atomic E-state index is -0.0546. The second-order valence-corrected chi connectivity index (χ2v) is 4.50. The maximum atomic E-state index is 12.0. The summed E-state index contributed by atoms with van der Waals surface area (Å²) in [7, 11) is 1.81. The van der Waals surface area contributed by atoms with Crippen LogP contribution in [0.1, 0.15) is 17.5 Å². The van der Waals surface area contributed by atoms with E-state index in [1.165, 1.54) is 0 Å². The number of nitrogens with zero attached hydrogens (tertiary/aromatic N) is 1. The Labute approximate surface area is 106 Å². The van der Waals surface area contributed by atoms with E-state index in [0.717, 1.165) is 18.5 Å². The number of nitrogen functional groups attached to an aromatic ring is 1. The summed E-state index contributed by atoms with van der Waals surface area (Å²) in [6.45, 7) is 1.35. The Kier molecular flexibility index (Phi) is 3.62. The van der Waals surface area contributed by atoms with Gasteiger partial charge < -0.3 is 16.0 Å². The van der Waals surface area contributed by atoms with E-state index in [2.05, 4.69) is 5.32 Å². The van der Waals surface area contributed by atoms with Crippen LogP contribution in [0.4, 0.5) is 0 Å². The first-order chi connectivity index (χ1) is 8.61. The van der Waals surface area contributed by atoms with Crippen LogP contribution < -0.4 is 11.1 Å². The Morgan fingerprint density at radius 1 is 1.61 bits per heavy atom. The van der Waals surface area contributed by atoms with Crippen LogP contribution in [0.25, 0.3) is 0 Å². The van der Waals surface area contributed by atoms with Crippen molar-refractivity contribution in [2.75, 3.05) is 13.6 Å². The van der Waals surface area contributed by atoms with Crippen molar-refractivity contribution in [1.82, 2.24) is 10.2 Å². The first-order valence-corrected chi connectivity index (χ1v) is 6.01. The normalized spacial score (nSPS) is 19.3. The molecule has 0 bridgehead atoms. The summed E-state index contributed by atoms with van der Waals surface area (Å²) in [5.41, 5.74) is 7.16. The van der Waals surface area contributed by atoms with Crippen molar-refractivity contribution in [3.05, 3.63) is 35.4 Å². The molecule has 1 aliphatic heterocycles. The molecule has 0 aromatic heterocycles. The lowest BCUT2D eigenvalue weighted by Crippen LogP contribution is -2.35. The summed E-state index contributed by atoms with van der Waals surface area (Å²) in [6, 6.07) is 7.42. The lowest BCUT2D eigenvalue weighted by molar-refractivity contribution is -0.129. The minimum Gasteiger partial charge on any atom is -0.384 e. The molecule has 1 aromatic rings. The van der Waals surface area contributed by atoms with Crippen molar-refractivity contribution >= 4 is 11.7 Å². The molecule has 1 aromatic carbocycles. The summed E-state index contributed by atoms with van der Waals surface area (Å²) < 4.78 is 0. The standard InChI is InChI=1S/C13H18N4O/c1-16-11-5-6-17(13(11)18)8-9-3-2-4-10(7-9)12(14)15/h2-4,7,11,16H,5-6,8H2,1H3,(H3,14,15)/t11-/m0/s1. The Hall–Kier alpha value is -1.88. The largest absolute Gasteiger partial charge is 0.384 e. The highest BCUT2D eigenvalue weighted by Gasteiger charge is 2.29. The summed E-state index contributed by atoms with van der Waals surface area (Å²) in [5.74, 6) is 0.198. The molecule has 96 valence electrons. The van der Waals surface area contributed by atoms with Crippen LogP contribution in [0.2, 0.25) is 0 Å². The molecule has 4 N–H and O–H groups in total. The number of carbonyl (C=O) groups excluding carboxylic acids is 1. The second-order valence-electron chi connectivity index (χ2n) is 4.50. The number of rotatable bonds is 4. The van der Waals surface area contributed by atoms with Gasteiger partial charge in [-0.05, 0) is 25.1 Å². The van der Waals surface area contributed by atoms with E-state index in [1.54, 1.807) is 6.07 Å². The second kappa shape index (κ2) is 5.18. The molecule has 1 saturated heterocycles. The molecule has 1 fully saturated rings. The molecular weight excluding hydrogens is 228 g/mol. The number of amides is 1. The van der Waals surface area contributed by atoms with Gasteiger partial charge in [-0.3, -0.25) is 10.2 Å². The van der Waals surface area contributed by atoms with Crippen LogP contribution >= 0.6 is 0 Å². The van der Waals surface area contributed by atoms with Crippen LogP contribution in [-0.4, -0.2) is 36.3 Å². The molecule has 0 unspecified atom stereocenters. The summed E-state index contributed by atoms with van der Waals surface area (Å²) in [6.07, 6.45) is 0.849. The average molecular weight is 246 g/mol. The Morgan fingerprint density at radius 2 is 2.39 bits per heavy atom. The van der Waals surface area contributed by atoms with Crippen molar-refractivity contribution in [2.24, 2.45) is 5.73 Å². The van der Waals surface area contributed by atoms with Gasteiger partial charge in [0.2, 0.25) is 5.91 Å². The molecule has 5 heteroatoms. The van der Waals surface area contributed by atoms with Gasteiger partial charge >= 0.3 is 0 Å². The lowest BCUT2D eigenvalue weighted by atomic mass is 10.1. The number of hydrogen-bond acceptors (Lipinski definition) is 3. The van der Waals surface area contributed by atoms with E-state index < -0.39 is 0 Å². The average Bonchev–Trinajstić information content (AvgIpc) is 2.71. The van der Waals surface area contributed by atoms with Gasteiger partial charge in [0.1, 0.15) is 5.84 Å². The van der Waals surface area contributed by atoms with Crippen molar-refractivity contribution in [3.8, 4) is 0 Å². The van der Waals surface area contributed by atoms with Crippen LogP contribution in [-0.2, 0) is 11.3 Å². The highest BCUT2D eigenvalue weighted by Crippen LogP contribution is 2.15. The number of benzene rings is 1. The maximum Gasteiger partial charge on any atom is 0.240 e. The molecule has 0 saturated carbocycles. The zero-order chi connectivity index (χ0) is 13.1.